The highest BCUT2D eigenvalue weighted by molar-refractivity contribution is 6.01. The maximum atomic E-state index is 13.6. The summed E-state index contributed by atoms with van der Waals surface area (Å²) in [6.07, 6.45) is 1.60. The minimum absolute atomic E-state index is 0.0565. The van der Waals surface area contributed by atoms with Crippen LogP contribution < -0.4 is 0 Å². The van der Waals surface area contributed by atoms with Crippen molar-refractivity contribution in [1.29, 1.82) is 0 Å². The summed E-state index contributed by atoms with van der Waals surface area (Å²) in [5.74, 6) is -0.951. The number of esters is 1. The van der Waals surface area contributed by atoms with Gasteiger partial charge in [0.05, 0.1) is 31.8 Å². The summed E-state index contributed by atoms with van der Waals surface area (Å²) < 4.78 is 20.8. The van der Waals surface area contributed by atoms with Crippen molar-refractivity contribution < 1.29 is 34.1 Å². The van der Waals surface area contributed by atoms with Gasteiger partial charge in [-0.15, -0.1) is 10.1 Å². The number of nitrogens with zero attached hydrogens (tertiary/aromatic N) is 2. The monoisotopic (exact) mass is 528 g/mol. The summed E-state index contributed by atoms with van der Waals surface area (Å²) in [6, 6.07) is 14.3. The molecule has 204 valence electrons. The summed E-state index contributed by atoms with van der Waals surface area (Å²) in [5.41, 5.74) is 3.58. The second kappa shape index (κ2) is 13.7. The molecule has 0 aliphatic carbocycles. The van der Waals surface area contributed by atoms with Crippen LogP contribution in [0, 0.1) is 15.9 Å². The molecule has 0 aliphatic heterocycles. The molecule has 2 aromatic carbocycles. The Morgan fingerprint density at radius 3 is 2.47 bits per heavy atom. The van der Waals surface area contributed by atoms with Crippen molar-refractivity contribution in [2.75, 3.05) is 13.2 Å². The number of aromatic nitrogens is 1. The van der Waals surface area contributed by atoms with Crippen LogP contribution in [0.2, 0.25) is 0 Å². The summed E-state index contributed by atoms with van der Waals surface area (Å²) in [6.45, 7) is 4.09. The van der Waals surface area contributed by atoms with Crippen LogP contribution in [0.25, 0.3) is 28.1 Å². The molecule has 3 aromatic rings. The van der Waals surface area contributed by atoms with Crippen LogP contribution in [0.15, 0.2) is 54.6 Å². The maximum Gasteiger partial charge on any atom is 0.308 e. The Balaban J connectivity index is 1.68. The summed E-state index contributed by atoms with van der Waals surface area (Å²) in [5, 5.41) is 31.1. The van der Waals surface area contributed by atoms with E-state index in [-0.39, 0.29) is 37.9 Å². The number of para-hydroxylation sites is 1. The first-order chi connectivity index (χ1) is 18.2. The lowest BCUT2D eigenvalue weighted by Crippen LogP contribution is -2.21. The summed E-state index contributed by atoms with van der Waals surface area (Å²) in [4.78, 5) is 26.2. The molecule has 3 rings (SSSR count). The Bertz CT molecular complexity index is 1250. The fourth-order valence-electron chi connectivity index (χ4n) is 4.35. The van der Waals surface area contributed by atoms with Crippen LogP contribution >= 0.6 is 0 Å². The molecular formula is C28H33FN2O7. The Morgan fingerprint density at radius 2 is 1.79 bits per heavy atom. The van der Waals surface area contributed by atoms with Crippen molar-refractivity contribution in [2.24, 2.45) is 0 Å². The van der Waals surface area contributed by atoms with Crippen molar-refractivity contribution in [3.63, 3.8) is 0 Å². The molecule has 2 atom stereocenters. The Kier molecular flexibility index (Phi) is 10.4. The highest BCUT2D eigenvalue weighted by atomic mass is 19.1. The van der Waals surface area contributed by atoms with E-state index in [4.69, 9.17) is 4.74 Å². The lowest BCUT2D eigenvalue weighted by atomic mass is 10.0. The number of halogens is 1. The maximum absolute atomic E-state index is 13.6. The van der Waals surface area contributed by atoms with Crippen LogP contribution in [0.1, 0.15) is 51.3 Å². The Labute approximate surface area is 220 Å². The molecule has 1 heterocycles. The van der Waals surface area contributed by atoms with Gasteiger partial charge in [-0.25, -0.2) is 4.39 Å². The SMILES string of the molecule is CC(C)n1c(/C=C/[C@@H](O)C[C@@H](O)CC(=O)OCCCCO[N+](=O)[O-])c(-c2ccc(F)cc2)c2ccccc21. The largest absolute Gasteiger partial charge is 0.466 e. The molecule has 10 heteroatoms. The van der Waals surface area contributed by atoms with Gasteiger partial charge in [-0.3, -0.25) is 4.79 Å². The van der Waals surface area contributed by atoms with E-state index in [2.05, 4.69) is 23.3 Å². The second-order valence-electron chi connectivity index (χ2n) is 9.25. The standard InChI is InChI=1S/C28H33FN2O7/c1-19(2)30-25-8-4-3-7-24(25)28(20-9-11-21(29)12-10-20)26(30)14-13-22(32)17-23(33)18-27(34)37-15-5-6-16-38-31(35)36/h3-4,7-14,19,22-23,32-33H,5-6,15-18H2,1-2H3/b14-13+/t22-,23-/m1/s1. The van der Waals surface area contributed by atoms with E-state index >= 15 is 0 Å². The number of carbonyl (C=O) groups excluding carboxylic acids is 1. The number of unbranched alkanes of at least 4 members (excludes halogenated alkanes) is 1. The molecule has 9 nitrogen and oxygen atoms in total. The van der Waals surface area contributed by atoms with Gasteiger partial charge in [-0.05, 0) is 56.5 Å². The smallest absolute Gasteiger partial charge is 0.308 e. The minimum Gasteiger partial charge on any atom is -0.466 e. The first-order valence-electron chi connectivity index (χ1n) is 12.5. The zero-order chi connectivity index (χ0) is 27.7. The van der Waals surface area contributed by atoms with Gasteiger partial charge in [0, 0.05) is 34.6 Å². The number of fused-ring (bicyclic) bond motifs is 1. The molecule has 0 fully saturated rings. The summed E-state index contributed by atoms with van der Waals surface area (Å²) >= 11 is 0. The first-order valence-corrected chi connectivity index (χ1v) is 12.5. The number of benzene rings is 2. The number of aliphatic hydroxyl groups excluding tert-OH is 2. The first kappa shape index (κ1) is 28.8. The van der Waals surface area contributed by atoms with E-state index in [1.165, 1.54) is 12.1 Å². The average Bonchev–Trinajstić information content (AvgIpc) is 3.19. The highest BCUT2D eigenvalue weighted by Gasteiger charge is 2.20. The van der Waals surface area contributed by atoms with Crippen LogP contribution in [-0.4, -0.2) is 51.3 Å². The van der Waals surface area contributed by atoms with E-state index in [9.17, 15) is 29.5 Å². The topological polar surface area (TPSA) is 124 Å². The molecule has 1 aromatic heterocycles. The quantitative estimate of drug-likeness (QED) is 0.129. The third-order valence-electron chi connectivity index (χ3n) is 5.99. The molecule has 2 N–H and O–H groups in total. The number of rotatable bonds is 14. The molecule has 0 radical (unpaired) electrons. The van der Waals surface area contributed by atoms with Crippen molar-refractivity contribution in [2.45, 2.75) is 57.8 Å². The number of aliphatic hydroxyl groups is 2. The van der Waals surface area contributed by atoms with Crippen LogP contribution in [-0.2, 0) is 14.4 Å². The molecule has 0 amide bonds. The van der Waals surface area contributed by atoms with Gasteiger partial charge in [-0.2, -0.15) is 0 Å². The number of hydrogen-bond donors (Lipinski definition) is 2. The van der Waals surface area contributed by atoms with Crippen molar-refractivity contribution in [1.82, 2.24) is 4.57 Å². The fraction of sp³-hybridized carbons (Fsp3) is 0.393. The van der Waals surface area contributed by atoms with E-state index in [1.807, 2.05) is 24.3 Å². The van der Waals surface area contributed by atoms with Crippen molar-refractivity contribution in [3.8, 4) is 11.1 Å². The molecule has 0 aliphatic rings. The average molecular weight is 529 g/mol. The van der Waals surface area contributed by atoms with Crippen molar-refractivity contribution in [3.05, 3.63) is 76.2 Å². The molecular weight excluding hydrogens is 495 g/mol. The van der Waals surface area contributed by atoms with Crippen molar-refractivity contribution >= 4 is 22.9 Å². The van der Waals surface area contributed by atoms with Gasteiger partial charge in [0.25, 0.3) is 5.09 Å². The van der Waals surface area contributed by atoms with Gasteiger partial charge in [0.15, 0.2) is 0 Å². The zero-order valence-corrected chi connectivity index (χ0v) is 21.5. The van der Waals surface area contributed by atoms with Gasteiger partial charge in [-0.1, -0.05) is 36.4 Å². The van der Waals surface area contributed by atoms with E-state index < -0.39 is 23.3 Å². The number of hydrogen-bond acceptors (Lipinski definition) is 7. The fourth-order valence-corrected chi connectivity index (χ4v) is 4.35. The summed E-state index contributed by atoms with van der Waals surface area (Å²) in [7, 11) is 0. The number of ether oxygens (including phenoxy) is 1. The molecule has 0 saturated heterocycles. The van der Waals surface area contributed by atoms with Gasteiger partial charge in [0.1, 0.15) is 5.82 Å². The molecule has 0 spiro atoms. The van der Waals surface area contributed by atoms with E-state index in [0.717, 1.165) is 27.7 Å². The van der Waals surface area contributed by atoms with E-state index in [0.29, 0.717) is 12.8 Å². The third kappa shape index (κ3) is 7.87. The van der Waals surface area contributed by atoms with Gasteiger partial charge in [0.2, 0.25) is 0 Å². The molecule has 0 saturated carbocycles. The predicted molar refractivity (Wildman–Crippen MR) is 141 cm³/mol. The van der Waals surface area contributed by atoms with Gasteiger partial charge >= 0.3 is 5.97 Å². The Hall–Kier alpha value is -3.76. The van der Waals surface area contributed by atoms with E-state index in [1.54, 1.807) is 24.3 Å². The molecule has 0 unspecified atom stereocenters. The lowest BCUT2D eigenvalue weighted by molar-refractivity contribution is -0.757. The molecule has 38 heavy (non-hydrogen) atoms. The highest BCUT2D eigenvalue weighted by Crippen LogP contribution is 2.38. The lowest BCUT2D eigenvalue weighted by Gasteiger charge is -2.15. The minimum atomic E-state index is -1.12. The second-order valence-corrected chi connectivity index (χ2v) is 9.25. The van der Waals surface area contributed by atoms with Gasteiger partial charge < -0.3 is 24.4 Å². The zero-order valence-electron chi connectivity index (χ0n) is 21.5. The van der Waals surface area contributed by atoms with Crippen LogP contribution in [0.4, 0.5) is 4.39 Å². The Morgan fingerprint density at radius 1 is 1.11 bits per heavy atom. The predicted octanol–water partition coefficient (Wildman–Crippen LogP) is 5.08. The number of carbonyl (C=O) groups is 1. The van der Waals surface area contributed by atoms with Crippen LogP contribution in [0.5, 0.6) is 0 Å². The third-order valence-corrected chi connectivity index (χ3v) is 5.99. The molecule has 0 bridgehead atoms. The van der Waals surface area contributed by atoms with Crippen LogP contribution in [0.3, 0.4) is 0 Å². The normalized spacial score (nSPS) is 13.2.